The fourth-order valence-electron chi connectivity index (χ4n) is 3.68. The lowest BCUT2D eigenvalue weighted by atomic mass is 9.72. The Kier molecular flexibility index (Phi) is 7.79. The van der Waals surface area contributed by atoms with Crippen molar-refractivity contribution in [3.05, 3.63) is 68.6 Å². The van der Waals surface area contributed by atoms with Gasteiger partial charge < -0.3 is 19.6 Å². The molecule has 0 fully saturated rings. The Morgan fingerprint density at radius 1 is 0.759 bits per heavy atom. The summed E-state index contributed by atoms with van der Waals surface area (Å²) >= 11 is 6.69. The lowest BCUT2D eigenvalue weighted by molar-refractivity contribution is 0.200. The highest BCUT2D eigenvalue weighted by Gasteiger charge is 2.58. The maximum atomic E-state index is 13.0. The highest BCUT2D eigenvalue weighted by Crippen LogP contribution is 2.64. The lowest BCUT2D eigenvalue weighted by Gasteiger charge is -2.47. The zero-order chi connectivity index (χ0) is 22.1. The molecule has 2 rings (SSSR count). The van der Waals surface area contributed by atoms with Gasteiger partial charge in [0.05, 0.1) is 11.3 Å². The molecule has 2 aromatic carbocycles. The zero-order valence-electron chi connectivity index (χ0n) is 16.0. The first kappa shape index (κ1) is 25.0. The Labute approximate surface area is 187 Å². The lowest BCUT2D eigenvalue weighted by Crippen LogP contribution is -2.50. The molecule has 160 valence electrons. The van der Waals surface area contributed by atoms with Crippen molar-refractivity contribution in [1.29, 1.82) is 0 Å². The van der Waals surface area contributed by atoms with Crippen LogP contribution in [0, 0.1) is 5.41 Å². The summed E-state index contributed by atoms with van der Waals surface area (Å²) in [6.07, 6.45) is -0.709. The third-order valence-electron chi connectivity index (χ3n) is 5.24. The van der Waals surface area contributed by atoms with Crippen LogP contribution in [0.25, 0.3) is 0 Å². The summed E-state index contributed by atoms with van der Waals surface area (Å²) in [6.45, 7) is 3.03. The van der Waals surface area contributed by atoms with E-state index < -0.39 is 31.9 Å². The summed E-state index contributed by atoms with van der Waals surface area (Å²) in [7, 11) is -9.37. The first-order valence-electron chi connectivity index (χ1n) is 8.74. The number of halogens is 2. The molecule has 4 N–H and O–H groups in total. The van der Waals surface area contributed by atoms with E-state index >= 15 is 0 Å². The fraction of sp³-hybridized carbons (Fsp3) is 0.368. The quantitative estimate of drug-likeness (QED) is 0.328. The highest BCUT2D eigenvalue weighted by molar-refractivity contribution is 9.10. The second-order valence-corrected chi connectivity index (χ2v) is 13.3. The van der Waals surface area contributed by atoms with E-state index in [2.05, 4.69) is 31.9 Å². The SMILES string of the molecule is CC(C)(CP(=O)(O)O)C(Cc1ccc(Br)cc1)(Cc1ccc(Br)cc1)P(=O)(O)O. The van der Waals surface area contributed by atoms with Gasteiger partial charge in [0.2, 0.25) is 0 Å². The molecule has 0 saturated heterocycles. The molecule has 2 aromatic rings. The smallest absolute Gasteiger partial charge is 0.324 e. The molecule has 0 radical (unpaired) electrons. The maximum absolute atomic E-state index is 13.0. The minimum atomic E-state index is -4.84. The van der Waals surface area contributed by atoms with Crippen LogP contribution < -0.4 is 0 Å². The number of rotatable bonds is 8. The van der Waals surface area contributed by atoms with Crippen molar-refractivity contribution in [2.24, 2.45) is 5.41 Å². The summed E-state index contributed by atoms with van der Waals surface area (Å²) in [5.74, 6) is 0. The van der Waals surface area contributed by atoms with E-state index in [1.165, 1.54) is 13.8 Å². The molecule has 10 heteroatoms. The molecule has 0 aromatic heterocycles. The molecular weight excluding hydrogens is 546 g/mol. The first-order valence-corrected chi connectivity index (χ1v) is 13.7. The van der Waals surface area contributed by atoms with Crippen LogP contribution in [-0.2, 0) is 22.0 Å². The van der Waals surface area contributed by atoms with E-state index in [9.17, 15) is 28.7 Å². The zero-order valence-corrected chi connectivity index (χ0v) is 21.0. The topological polar surface area (TPSA) is 115 Å². The number of benzene rings is 2. The van der Waals surface area contributed by atoms with Crippen LogP contribution in [-0.4, -0.2) is 30.9 Å². The molecule has 0 unspecified atom stereocenters. The van der Waals surface area contributed by atoms with Gasteiger partial charge in [-0.2, -0.15) is 0 Å². The Morgan fingerprint density at radius 3 is 1.38 bits per heavy atom. The van der Waals surface area contributed by atoms with Gasteiger partial charge in [-0.05, 0) is 53.6 Å². The van der Waals surface area contributed by atoms with Crippen molar-refractivity contribution in [2.75, 3.05) is 6.16 Å². The minimum Gasteiger partial charge on any atom is -0.324 e. The van der Waals surface area contributed by atoms with Gasteiger partial charge in [-0.3, -0.25) is 9.13 Å². The van der Waals surface area contributed by atoms with E-state index in [0.29, 0.717) is 11.1 Å². The number of hydrogen-bond acceptors (Lipinski definition) is 2. The van der Waals surface area contributed by atoms with E-state index in [-0.39, 0.29) is 12.8 Å². The molecule has 0 aliphatic heterocycles. The molecular formula is C19H24Br2O6P2. The molecule has 0 atom stereocenters. The van der Waals surface area contributed by atoms with Gasteiger partial charge in [-0.25, -0.2) is 0 Å². The van der Waals surface area contributed by atoms with Crippen molar-refractivity contribution in [2.45, 2.75) is 31.8 Å². The van der Waals surface area contributed by atoms with Crippen LogP contribution >= 0.6 is 47.1 Å². The predicted octanol–water partition coefficient (Wildman–Crippen LogP) is 5.12. The van der Waals surface area contributed by atoms with Crippen LogP contribution in [0.4, 0.5) is 0 Å². The van der Waals surface area contributed by atoms with Crippen molar-refractivity contribution in [3.8, 4) is 0 Å². The van der Waals surface area contributed by atoms with Crippen molar-refractivity contribution in [1.82, 2.24) is 0 Å². The van der Waals surface area contributed by atoms with Crippen LogP contribution in [0.15, 0.2) is 57.5 Å². The summed E-state index contributed by atoms with van der Waals surface area (Å²) in [5, 5.41) is -1.72. The third kappa shape index (κ3) is 6.34. The summed E-state index contributed by atoms with van der Waals surface area (Å²) in [6, 6.07) is 14.1. The highest BCUT2D eigenvalue weighted by atomic mass is 79.9. The minimum absolute atomic E-state index is 0.0341. The largest absolute Gasteiger partial charge is 0.332 e. The van der Waals surface area contributed by atoms with Gasteiger partial charge in [-0.15, -0.1) is 0 Å². The normalized spacial score (nSPS) is 13.5. The predicted molar refractivity (Wildman–Crippen MR) is 121 cm³/mol. The molecule has 0 amide bonds. The number of hydrogen-bond donors (Lipinski definition) is 4. The molecule has 0 bridgehead atoms. The summed E-state index contributed by atoms with van der Waals surface area (Å²) < 4.78 is 26.4. The Hall–Kier alpha value is -0.300. The van der Waals surface area contributed by atoms with Crippen LogP contribution in [0.2, 0.25) is 0 Å². The Bertz CT molecular complexity index is 885. The van der Waals surface area contributed by atoms with Gasteiger partial charge in [0.15, 0.2) is 0 Å². The summed E-state index contributed by atoms with van der Waals surface area (Å²) in [5.41, 5.74) is -0.0228. The molecule has 0 heterocycles. The van der Waals surface area contributed by atoms with Crippen molar-refractivity contribution in [3.63, 3.8) is 0 Å². The standard InChI is InChI=1S/C19H24Br2O6P2/c1-18(2,13-28(22,23)24)19(29(25,26)27,11-14-3-7-16(20)8-4-14)12-15-5-9-17(21)10-6-15/h3-10H,11-13H2,1-2H3,(H2,22,23,24)(H2,25,26,27). The van der Waals surface area contributed by atoms with Crippen LogP contribution in [0.3, 0.4) is 0 Å². The molecule has 29 heavy (non-hydrogen) atoms. The van der Waals surface area contributed by atoms with Crippen LogP contribution in [0.5, 0.6) is 0 Å². The van der Waals surface area contributed by atoms with E-state index in [1.54, 1.807) is 48.5 Å². The van der Waals surface area contributed by atoms with Gasteiger partial charge >= 0.3 is 15.2 Å². The van der Waals surface area contributed by atoms with Gasteiger partial charge in [0.25, 0.3) is 0 Å². The molecule has 0 spiro atoms. The molecule has 0 aliphatic carbocycles. The molecule has 0 aliphatic rings. The average molecular weight is 570 g/mol. The Balaban J connectivity index is 2.66. The third-order valence-corrected chi connectivity index (χ3v) is 9.53. The second kappa shape index (κ2) is 9.05. The van der Waals surface area contributed by atoms with Crippen molar-refractivity contribution < 1.29 is 28.7 Å². The van der Waals surface area contributed by atoms with Gasteiger partial charge in [0.1, 0.15) is 0 Å². The molecule has 0 saturated carbocycles. The van der Waals surface area contributed by atoms with Crippen molar-refractivity contribution >= 4 is 47.1 Å². The van der Waals surface area contributed by atoms with E-state index in [4.69, 9.17) is 0 Å². The van der Waals surface area contributed by atoms with E-state index in [0.717, 1.165) is 8.95 Å². The average Bonchev–Trinajstić information content (AvgIpc) is 2.54. The van der Waals surface area contributed by atoms with Crippen LogP contribution in [0.1, 0.15) is 25.0 Å². The monoisotopic (exact) mass is 568 g/mol. The van der Waals surface area contributed by atoms with Gasteiger partial charge in [-0.1, -0.05) is 70.0 Å². The van der Waals surface area contributed by atoms with Gasteiger partial charge in [0, 0.05) is 8.95 Å². The second-order valence-electron chi connectivity index (χ2n) is 7.89. The maximum Gasteiger partial charge on any atom is 0.332 e. The fourth-order valence-corrected chi connectivity index (χ4v) is 7.31. The first-order chi connectivity index (χ1) is 13.2. The summed E-state index contributed by atoms with van der Waals surface area (Å²) in [4.78, 5) is 40.3. The van der Waals surface area contributed by atoms with E-state index in [1.807, 2.05) is 0 Å². The Morgan fingerprint density at radius 2 is 1.10 bits per heavy atom. The molecule has 6 nitrogen and oxygen atoms in total.